The highest BCUT2D eigenvalue weighted by Gasteiger charge is 2.28. The molecule has 0 radical (unpaired) electrons. The molecule has 0 unspecified atom stereocenters. The van der Waals surface area contributed by atoms with E-state index in [9.17, 15) is 4.39 Å². The van der Waals surface area contributed by atoms with Crippen molar-refractivity contribution in [3.8, 4) is 0 Å². The molecular weight excluding hydrogens is 247 g/mol. The zero-order chi connectivity index (χ0) is 13.1. The first kappa shape index (κ1) is 13.0. The molecule has 2 aliphatic heterocycles. The van der Waals surface area contributed by atoms with Crippen LogP contribution in [-0.4, -0.2) is 50.3 Å². The van der Waals surface area contributed by atoms with Crippen LogP contribution in [0.15, 0.2) is 24.3 Å². The average molecular weight is 266 g/mol. The van der Waals surface area contributed by atoms with Gasteiger partial charge in [-0.15, -0.1) is 0 Å². The Morgan fingerprint density at radius 1 is 1.16 bits per heavy atom. The Hall–Kier alpha value is -1.01. The quantitative estimate of drug-likeness (QED) is 0.870. The molecule has 19 heavy (non-hydrogen) atoms. The molecule has 2 aliphatic rings. The second-order valence-electron chi connectivity index (χ2n) is 4.99. The summed E-state index contributed by atoms with van der Waals surface area (Å²) in [6.45, 7) is 5.38. The highest BCUT2D eigenvalue weighted by atomic mass is 19.1. The van der Waals surface area contributed by atoms with Crippen molar-refractivity contribution < 1.29 is 13.9 Å². The van der Waals surface area contributed by atoms with Gasteiger partial charge in [-0.2, -0.15) is 0 Å². The van der Waals surface area contributed by atoms with Crippen LogP contribution in [0.5, 0.6) is 0 Å². The molecule has 2 fully saturated rings. The molecule has 0 atom stereocenters. The number of hydrogen-bond donors (Lipinski definition) is 1. The smallest absolute Gasteiger partial charge is 0.184 e. The van der Waals surface area contributed by atoms with Gasteiger partial charge in [-0.3, -0.25) is 4.90 Å². The summed E-state index contributed by atoms with van der Waals surface area (Å²) in [4.78, 5) is 2.39. The van der Waals surface area contributed by atoms with Crippen molar-refractivity contribution in [3.63, 3.8) is 0 Å². The van der Waals surface area contributed by atoms with E-state index in [1.54, 1.807) is 6.07 Å². The second kappa shape index (κ2) is 5.96. The van der Waals surface area contributed by atoms with Gasteiger partial charge < -0.3 is 14.8 Å². The summed E-state index contributed by atoms with van der Waals surface area (Å²) in [5, 5.41) is 3.33. The molecule has 0 spiro atoms. The standard InChI is InChI=1S/C14H19FN2O2/c15-12-3-1-2-11(8-12)14-18-9-13(10-19-14)17-6-4-16-5-7-17/h1-3,8,13-14,16H,4-7,9-10H2. The summed E-state index contributed by atoms with van der Waals surface area (Å²) in [6, 6.07) is 6.72. The average Bonchev–Trinajstić information content (AvgIpc) is 2.48. The van der Waals surface area contributed by atoms with Crippen molar-refractivity contribution >= 4 is 0 Å². The molecule has 0 aliphatic carbocycles. The summed E-state index contributed by atoms with van der Waals surface area (Å²) in [5.41, 5.74) is 0.749. The van der Waals surface area contributed by atoms with Crippen molar-refractivity contribution in [1.82, 2.24) is 10.2 Å². The number of benzene rings is 1. The van der Waals surface area contributed by atoms with Gasteiger partial charge in [0, 0.05) is 31.7 Å². The van der Waals surface area contributed by atoms with Gasteiger partial charge in [-0.1, -0.05) is 12.1 Å². The minimum absolute atomic E-state index is 0.256. The fourth-order valence-electron chi connectivity index (χ4n) is 2.60. The van der Waals surface area contributed by atoms with Gasteiger partial charge in [0.05, 0.1) is 19.3 Å². The first-order chi connectivity index (χ1) is 9.33. The number of hydrogen-bond acceptors (Lipinski definition) is 4. The monoisotopic (exact) mass is 266 g/mol. The van der Waals surface area contributed by atoms with Crippen LogP contribution in [0.3, 0.4) is 0 Å². The maximum atomic E-state index is 13.2. The number of rotatable bonds is 2. The molecular formula is C14H19FN2O2. The highest BCUT2D eigenvalue weighted by Crippen LogP contribution is 2.25. The van der Waals surface area contributed by atoms with Gasteiger partial charge in [-0.05, 0) is 12.1 Å². The Morgan fingerprint density at radius 3 is 2.58 bits per heavy atom. The van der Waals surface area contributed by atoms with Crippen LogP contribution in [-0.2, 0) is 9.47 Å². The maximum absolute atomic E-state index is 13.2. The van der Waals surface area contributed by atoms with E-state index in [4.69, 9.17) is 9.47 Å². The SMILES string of the molecule is Fc1cccc(C2OCC(N3CCNCC3)CO2)c1. The Morgan fingerprint density at radius 2 is 1.89 bits per heavy atom. The first-order valence-electron chi connectivity index (χ1n) is 6.76. The number of ether oxygens (including phenoxy) is 2. The summed E-state index contributed by atoms with van der Waals surface area (Å²) >= 11 is 0. The van der Waals surface area contributed by atoms with Crippen LogP contribution in [0.2, 0.25) is 0 Å². The summed E-state index contributed by atoms with van der Waals surface area (Å²) in [5.74, 6) is -0.256. The Bertz CT molecular complexity index is 416. The number of nitrogens with zero attached hydrogens (tertiary/aromatic N) is 1. The molecule has 0 bridgehead atoms. The van der Waals surface area contributed by atoms with E-state index >= 15 is 0 Å². The molecule has 104 valence electrons. The van der Waals surface area contributed by atoms with Crippen molar-refractivity contribution in [2.45, 2.75) is 12.3 Å². The number of nitrogens with one attached hydrogen (secondary N) is 1. The minimum atomic E-state index is -0.435. The molecule has 2 saturated heterocycles. The lowest BCUT2D eigenvalue weighted by molar-refractivity contribution is -0.210. The van der Waals surface area contributed by atoms with E-state index in [1.165, 1.54) is 12.1 Å². The van der Waals surface area contributed by atoms with E-state index in [-0.39, 0.29) is 5.82 Å². The largest absolute Gasteiger partial charge is 0.347 e. The Kier molecular flexibility index (Phi) is 4.08. The van der Waals surface area contributed by atoms with Crippen molar-refractivity contribution in [1.29, 1.82) is 0 Å². The van der Waals surface area contributed by atoms with Crippen LogP contribution in [0.1, 0.15) is 11.9 Å². The summed E-state index contributed by atoms with van der Waals surface area (Å²) in [7, 11) is 0. The van der Waals surface area contributed by atoms with Gasteiger partial charge >= 0.3 is 0 Å². The second-order valence-corrected chi connectivity index (χ2v) is 4.99. The molecule has 0 saturated carbocycles. The molecule has 0 amide bonds. The fourth-order valence-corrected chi connectivity index (χ4v) is 2.60. The van der Waals surface area contributed by atoms with E-state index in [0.29, 0.717) is 19.3 Å². The van der Waals surface area contributed by atoms with E-state index in [0.717, 1.165) is 31.7 Å². The van der Waals surface area contributed by atoms with E-state index in [2.05, 4.69) is 10.2 Å². The molecule has 1 aromatic rings. The maximum Gasteiger partial charge on any atom is 0.184 e. The first-order valence-corrected chi connectivity index (χ1v) is 6.76. The van der Waals surface area contributed by atoms with Crippen LogP contribution < -0.4 is 5.32 Å². The van der Waals surface area contributed by atoms with Crippen LogP contribution in [0.4, 0.5) is 4.39 Å². The summed E-state index contributed by atoms with van der Waals surface area (Å²) in [6.07, 6.45) is -0.435. The van der Waals surface area contributed by atoms with Gasteiger partial charge in [0.1, 0.15) is 5.82 Å². The number of halogens is 1. The molecule has 2 heterocycles. The lowest BCUT2D eigenvalue weighted by atomic mass is 10.2. The van der Waals surface area contributed by atoms with Crippen LogP contribution >= 0.6 is 0 Å². The lowest BCUT2D eigenvalue weighted by Crippen LogP contribution is -2.53. The van der Waals surface area contributed by atoms with Gasteiger partial charge in [0.2, 0.25) is 0 Å². The lowest BCUT2D eigenvalue weighted by Gasteiger charge is -2.38. The predicted molar refractivity (Wildman–Crippen MR) is 69.3 cm³/mol. The zero-order valence-corrected chi connectivity index (χ0v) is 10.8. The number of piperazine rings is 1. The topological polar surface area (TPSA) is 33.7 Å². The van der Waals surface area contributed by atoms with E-state index in [1.807, 2.05) is 6.07 Å². The molecule has 0 aromatic heterocycles. The molecule has 3 rings (SSSR count). The fraction of sp³-hybridized carbons (Fsp3) is 0.571. The van der Waals surface area contributed by atoms with Gasteiger partial charge in [0.15, 0.2) is 6.29 Å². The van der Waals surface area contributed by atoms with Crippen molar-refractivity contribution in [2.24, 2.45) is 0 Å². The minimum Gasteiger partial charge on any atom is -0.347 e. The summed E-state index contributed by atoms with van der Waals surface area (Å²) < 4.78 is 24.6. The molecule has 5 heteroatoms. The molecule has 4 nitrogen and oxygen atoms in total. The van der Waals surface area contributed by atoms with Crippen molar-refractivity contribution in [2.75, 3.05) is 39.4 Å². The molecule has 1 aromatic carbocycles. The van der Waals surface area contributed by atoms with Gasteiger partial charge in [-0.25, -0.2) is 4.39 Å². The zero-order valence-electron chi connectivity index (χ0n) is 10.8. The van der Waals surface area contributed by atoms with E-state index < -0.39 is 6.29 Å². The molecule has 1 N–H and O–H groups in total. The highest BCUT2D eigenvalue weighted by molar-refractivity contribution is 5.17. The third kappa shape index (κ3) is 3.12. The normalized spacial score (nSPS) is 29.3. The Balaban J connectivity index is 1.57. The third-order valence-corrected chi connectivity index (χ3v) is 3.67. The van der Waals surface area contributed by atoms with Crippen LogP contribution in [0, 0.1) is 5.82 Å². The van der Waals surface area contributed by atoms with Crippen molar-refractivity contribution in [3.05, 3.63) is 35.6 Å². The van der Waals surface area contributed by atoms with Gasteiger partial charge in [0.25, 0.3) is 0 Å². The predicted octanol–water partition coefficient (Wildman–Crippen LogP) is 1.14. The van der Waals surface area contributed by atoms with Crippen LogP contribution in [0.25, 0.3) is 0 Å². The third-order valence-electron chi connectivity index (χ3n) is 3.67. The Labute approximate surface area is 112 Å².